The van der Waals surface area contributed by atoms with Crippen LogP contribution in [0.1, 0.15) is 58.8 Å². The Balaban J connectivity index is 2.60. The van der Waals surface area contributed by atoms with Crippen LogP contribution in [0.25, 0.3) is 0 Å². The van der Waals surface area contributed by atoms with Crippen molar-refractivity contribution in [1.29, 1.82) is 0 Å². The molecular weight excluding hydrogens is 168 g/mol. The van der Waals surface area contributed by atoms with Gasteiger partial charge in [0.2, 0.25) is 0 Å². The summed E-state index contributed by atoms with van der Waals surface area (Å²) in [5.74, 6) is 0.855. The van der Waals surface area contributed by atoms with Gasteiger partial charge in [-0.05, 0) is 37.7 Å². The summed E-state index contributed by atoms with van der Waals surface area (Å²) >= 11 is 0. The van der Waals surface area contributed by atoms with Crippen LogP contribution in [0.2, 0.25) is 0 Å². The smallest absolute Gasteiger partial charge is 0.0165 e. The molecule has 0 heteroatoms. The van der Waals surface area contributed by atoms with Gasteiger partial charge in [-0.15, -0.1) is 0 Å². The van der Waals surface area contributed by atoms with Crippen LogP contribution in [-0.2, 0) is 0 Å². The molecule has 0 saturated heterocycles. The van der Waals surface area contributed by atoms with E-state index in [1.54, 1.807) is 5.57 Å². The molecule has 0 atom stereocenters. The van der Waals surface area contributed by atoms with Gasteiger partial charge in [-0.3, -0.25) is 0 Å². The van der Waals surface area contributed by atoms with Crippen LogP contribution in [0.15, 0.2) is 23.8 Å². The second-order valence-electron chi connectivity index (χ2n) is 4.30. The van der Waals surface area contributed by atoms with Crippen LogP contribution in [0.5, 0.6) is 0 Å². The lowest BCUT2D eigenvalue weighted by Crippen LogP contribution is -2.01. The molecule has 0 aromatic heterocycles. The molecule has 0 heterocycles. The highest BCUT2D eigenvalue weighted by Crippen LogP contribution is 2.29. The number of allylic oxidation sites excluding steroid dienone is 4. The first-order chi connectivity index (χ1) is 6.88. The monoisotopic (exact) mass is 192 g/mol. The minimum Gasteiger partial charge on any atom is -0.0874 e. The Hall–Kier alpha value is -0.520. The fraction of sp³-hybridized carbons (Fsp3) is 0.714. The van der Waals surface area contributed by atoms with Gasteiger partial charge in [0.15, 0.2) is 0 Å². The average molecular weight is 192 g/mol. The van der Waals surface area contributed by atoms with Crippen LogP contribution in [0.4, 0.5) is 0 Å². The third kappa shape index (κ3) is 3.69. The molecule has 1 saturated carbocycles. The minimum atomic E-state index is 0.855. The van der Waals surface area contributed by atoms with E-state index in [-0.39, 0.29) is 0 Å². The lowest BCUT2D eigenvalue weighted by molar-refractivity contribution is 0.538. The highest BCUT2D eigenvalue weighted by atomic mass is 14.2. The molecule has 0 aliphatic heterocycles. The average Bonchev–Trinajstić information content (AvgIpc) is 2.45. The molecular formula is C14H24. The Morgan fingerprint density at radius 2 is 1.79 bits per heavy atom. The van der Waals surface area contributed by atoms with E-state index in [4.69, 9.17) is 0 Å². The van der Waals surface area contributed by atoms with Crippen molar-refractivity contribution in [3.05, 3.63) is 23.8 Å². The van der Waals surface area contributed by atoms with Crippen LogP contribution in [-0.4, -0.2) is 0 Å². The van der Waals surface area contributed by atoms with Crippen molar-refractivity contribution in [3.63, 3.8) is 0 Å². The first-order valence-corrected chi connectivity index (χ1v) is 6.21. The molecule has 1 fully saturated rings. The number of rotatable bonds is 3. The van der Waals surface area contributed by atoms with Crippen LogP contribution in [0.3, 0.4) is 0 Å². The molecule has 0 aromatic rings. The Bertz CT molecular complexity index is 190. The summed E-state index contributed by atoms with van der Waals surface area (Å²) < 4.78 is 0. The molecule has 0 nitrogen and oxygen atoms in total. The van der Waals surface area contributed by atoms with Gasteiger partial charge in [0, 0.05) is 0 Å². The molecule has 1 rings (SSSR count). The van der Waals surface area contributed by atoms with Crippen molar-refractivity contribution in [3.8, 4) is 0 Å². The fourth-order valence-electron chi connectivity index (χ4n) is 2.41. The summed E-state index contributed by atoms with van der Waals surface area (Å²) in [7, 11) is 0. The molecule has 0 aromatic carbocycles. The van der Waals surface area contributed by atoms with Gasteiger partial charge >= 0.3 is 0 Å². The van der Waals surface area contributed by atoms with E-state index in [0.29, 0.717) is 0 Å². The Labute approximate surface area is 89.1 Å². The van der Waals surface area contributed by atoms with E-state index in [2.05, 4.69) is 32.1 Å². The predicted octanol–water partition coefficient (Wildman–Crippen LogP) is 4.87. The fourth-order valence-corrected chi connectivity index (χ4v) is 2.41. The van der Waals surface area contributed by atoms with Gasteiger partial charge in [0.1, 0.15) is 0 Å². The van der Waals surface area contributed by atoms with Crippen molar-refractivity contribution >= 4 is 0 Å². The topological polar surface area (TPSA) is 0 Å². The van der Waals surface area contributed by atoms with Gasteiger partial charge in [-0.2, -0.15) is 0 Å². The first-order valence-electron chi connectivity index (χ1n) is 6.21. The van der Waals surface area contributed by atoms with E-state index in [9.17, 15) is 0 Å². The van der Waals surface area contributed by atoms with Gasteiger partial charge in [0.25, 0.3) is 0 Å². The van der Waals surface area contributed by atoms with Crippen LogP contribution >= 0.6 is 0 Å². The number of hydrogen-bond acceptors (Lipinski definition) is 0. The summed E-state index contributed by atoms with van der Waals surface area (Å²) in [5, 5.41) is 0. The number of hydrogen-bond donors (Lipinski definition) is 0. The highest BCUT2D eigenvalue weighted by Gasteiger charge is 2.14. The van der Waals surface area contributed by atoms with E-state index in [0.717, 1.165) is 5.92 Å². The Morgan fingerprint density at radius 1 is 1.14 bits per heavy atom. The summed E-state index contributed by atoms with van der Waals surface area (Å²) in [6, 6.07) is 0. The zero-order chi connectivity index (χ0) is 10.2. The standard InChI is InChI=1S/C14H24/c1-3-9-13(10-4-2)14-11-7-5-6-8-12-14/h3,9-10,14H,4-8,11-12H2,1-2H3. The van der Waals surface area contributed by atoms with Crippen LogP contribution in [0, 0.1) is 5.92 Å². The SMILES string of the molecule is CC=CC(=CCC)C1CCCCCC1. The summed E-state index contributed by atoms with van der Waals surface area (Å²) in [6.07, 6.45) is 16.7. The van der Waals surface area contributed by atoms with Crippen molar-refractivity contribution in [2.45, 2.75) is 58.8 Å². The summed E-state index contributed by atoms with van der Waals surface area (Å²) in [4.78, 5) is 0. The summed E-state index contributed by atoms with van der Waals surface area (Å²) in [6.45, 7) is 4.36. The Kier molecular flexibility index (Phi) is 5.66. The molecule has 1 aliphatic carbocycles. The van der Waals surface area contributed by atoms with Crippen molar-refractivity contribution < 1.29 is 0 Å². The predicted molar refractivity (Wildman–Crippen MR) is 64.4 cm³/mol. The third-order valence-electron chi connectivity index (χ3n) is 3.13. The quantitative estimate of drug-likeness (QED) is 0.442. The third-order valence-corrected chi connectivity index (χ3v) is 3.13. The van der Waals surface area contributed by atoms with E-state index in [1.165, 1.54) is 44.9 Å². The molecule has 0 bridgehead atoms. The zero-order valence-electron chi connectivity index (χ0n) is 9.76. The van der Waals surface area contributed by atoms with Gasteiger partial charge < -0.3 is 0 Å². The maximum Gasteiger partial charge on any atom is -0.0165 e. The molecule has 0 radical (unpaired) electrons. The first kappa shape index (κ1) is 11.6. The van der Waals surface area contributed by atoms with Crippen molar-refractivity contribution in [1.82, 2.24) is 0 Å². The normalized spacial score (nSPS) is 21.4. The molecule has 0 unspecified atom stereocenters. The zero-order valence-corrected chi connectivity index (χ0v) is 9.76. The van der Waals surface area contributed by atoms with Crippen molar-refractivity contribution in [2.24, 2.45) is 5.92 Å². The molecule has 14 heavy (non-hydrogen) atoms. The molecule has 80 valence electrons. The van der Waals surface area contributed by atoms with Gasteiger partial charge in [-0.25, -0.2) is 0 Å². The summed E-state index contributed by atoms with van der Waals surface area (Å²) in [5.41, 5.74) is 1.59. The second kappa shape index (κ2) is 6.86. The lowest BCUT2D eigenvalue weighted by Gasteiger charge is -2.15. The van der Waals surface area contributed by atoms with Crippen LogP contribution < -0.4 is 0 Å². The lowest BCUT2D eigenvalue weighted by atomic mass is 9.90. The van der Waals surface area contributed by atoms with Gasteiger partial charge in [-0.1, -0.05) is 50.8 Å². The maximum absolute atomic E-state index is 2.41. The minimum absolute atomic E-state index is 0.855. The molecule has 0 N–H and O–H groups in total. The second-order valence-corrected chi connectivity index (χ2v) is 4.30. The molecule has 0 amide bonds. The van der Waals surface area contributed by atoms with E-state index < -0.39 is 0 Å². The maximum atomic E-state index is 2.41. The van der Waals surface area contributed by atoms with Gasteiger partial charge in [0.05, 0.1) is 0 Å². The molecule has 0 spiro atoms. The van der Waals surface area contributed by atoms with E-state index >= 15 is 0 Å². The Morgan fingerprint density at radius 3 is 2.29 bits per heavy atom. The van der Waals surface area contributed by atoms with E-state index in [1.807, 2.05) is 0 Å². The van der Waals surface area contributed by atoms with Crippen molar-refractivity contribution in [2.75, 3.05) is 0 Å². The molecule has 1 aliphatic rings. The largest absolute Gasteiger partial charge is 0.0874 e. The highest BCUT2D eigenvalue weighted by molar-refractivity contribution is 5.21.